The predicted octanol–water partition coefficient (Wildman–Crippen LogP) is 4.79. The van der Waals surface area contributed by atoms with Crippen LogP contribution >= 0.6 is 0 Å². The number of hydrogen-bond acceptors (Lipinski definition) is 9. The van der Waals surface area contributed by atoms with Crippen LogP contribution in [0.4, 0.5) is 0 Å². The maximum Gasteiger partial charge on any atom is 0.333 e. The minimum atomic E-state index is -2.06. The van der Waals surface area contributed by atoms with E-state index in [1.807, 2.05) is 20.8 Å². The number of carbonyl (C=O) groups is 4. The highest BCUT2D eigenvalue weighted by molar-refractivity contribution is 5.98. The Bertz CT molecular complexity index is 1350. The monoisotopic (exact) mass is 568 g/mol. The summed E-state index contributed by atoms with van der Waals surface area (Å²) in [5.74, 6) is -2.90. The molecular weight excluding hydrogens is 528 g/mol. The molecule has 2 bridgehead atoms. The van der Waals surface area contributed by atoms with E-state index in [0.29, 0.717) is 18.4 Å². The van der Waals surface area contributed by atoms with Gasteiger partial charge in [-0.05, 0) is 50.2 Å². The number of Topliss-reactive ketones (excluding diaryl/α,β-unsaturated/α-hetero) is 1. The summed E-state index contributed by atoms with van der Waals surface area (Å²) in [4.78, 5) is 53.5. The normalized spacial score (nSPS) is 38.0. The van der Waals surface area contributed by atoms with Crippen LogP contribution in [0.15, 0.2) is 45.8 Å². The number of fused-ring (bicyclic) bond motifs is 5. The van der Waals surface area contributed by atoms with Crippen LogP contribution in [0.3, 0.4) is 0 Å². The van der Waals surface area contributed by atoms with Crippen LogP contribution in [0, 0.1) is 28.1 Å². The third-order valence-corrected chi connectivity index (χ3v) is 10.8. The van der Waals surface area contributed by atoms with Crippen molar-refractivity contribution < 1.29 is 42.9 Å². The van der Waals surface area contributed by atoms with Crippen molar-refractivity contribution >= 4 is 23.7 Å². The lowest BCUT2D eigenvalue weighted by molar-refractivity contribution is -0.234. The van der Waals surface area contributed by atoms with Crippen molar-refractivity contribution in [2.45, 2.75) is 91.5 Å². The third kappa shape index (κ3) is 4.06. The summed E-state index contributed by atoms with van der Waals surface area (Å²) in [7, 11) is 1.30. The minimum Gasteiger partial charge on any atom is -0.472 e. The van der Waals surface area contributed by atoms with Gasteiger partial charge < -0.3 is 23.7 Å². The third-order valence-electron chi connectivity index (χ3n) is 10.8. The van der Waals surface area contributed by atoms with Crippen LogP contribution in [-0.2, 0) is 33.4 Å². The lowest BCUT2D eigenvalue weighted by atomic mass is 9.39. The molecule has 7 atom stereocenters. The standard InChI is InChI=1S/C32H40O9/c1-8-17(2)26(35)41-28-29(3,4)22(14-23(33)38-7)31(6)20-9-11-30(5)21(19(20)15-32(28,37)27(31)36)13-24(34)40-25(30)18-10-12-39-16-18/h8,10,12,16,20,22,25,28,37H,9,11,13-15H2,1-7H3/t20-,22-,25-,28-,30+,31+,32-/m0/s1. The van der Waals surface area contributed by atoms with Gasteiger partial charge in [-0.1, -0.05) is 39.3 Å². The second kappa shape index (κ2) is 9.68. The smallest absolute Gasteiger partial charge is 0.333 e. The quantitative estimate of drug-likeness (QED) is 0.231. The summed E-state index contributed by atoms with van der Waals surface area (Å²) in [6.45, 7) is 10.9. The van der Waals surface area contributed by atoms with Crippen LogP contribution in [0.1, 0.15) is 85.3 Å². The lowest BCUT2D eigenvalue weighted by Crippen LogP contribution is -2.75. The Balaban J connectivity index is 1.73. The topological polar surface area (TPSA) is 129 Å². The first kappa shape index (κ1) is 29.3. The van der Waals surface area contributed by atoms with Crippen LogP contribution in [0.5, 0.6) is 0 Å². The summed E-state index contributed by atoms with van der Waals surface area (Å²) >= 11 is 0. The van der Waals surface area contributed by atoms with E-state index in [-0.39, 0.29) is 25.2 Å². The largest absolute Gasteiger partial charge is 0.472 e. The van der Waals surface area contributed by atoms with Crippen molar-refractivity contribution in [3.8, 4) is 0 Å². The summed E-state index contributed by atoms with van der Waals surface area (Å²) in [5.41, 5.74) is -2.05. The van der Waals surface area contributed by atoms with E-state index in [1.165, 1.54) is 13.4 Å². The van der Waals surface area contributed by atoms with Gasteiger partial charge in [0, 0.05) is 40.2 Å². The van der Waals surface area contributed by atoms with Crippen molar-refractivity contribution in [1.29, 1.82) is 0 Å². The highest BCUT2D eigenvalue weighted by Crippen LogP contribution is 2.69. The van der Waals surface area contributed by atoms with Crippen molar-refractivity contribution in [1.82, 2.24) is 0 Å². The molecule has 0 radical (unpaired) electrons. The zero-order chi connectivity index (χ0) is 30.1. The second-order valence-corrected chi connectivity index (χ2v) is 13.2. The average molecular weight is 569 g/mol. The molecule has 0 amide bonds. The van der Waals surface area contributed by atoms with Gasteiger partial charge in [-0.3, -0.25) is 14.4 Å². The zero-order valence-corrected chi connectivity index (χ0v) is 24.9. The first-order valence-electron chi connectivity index (χ1n) is 14.3. The fourth-order valence-corrected chi connectivity index (χ4v) is 8.62. The summed E-state index contributed by atoms with van der Waals surface area (Å²) < 4.78 is 22.3. The Labute approximate surface area is 240 Å². The molecule has 1 saturated heterocycles. The Kier molecular flexibility index (Phi) is 6.92. The molecular formula is C32H40O9. The molecule has 9 nitrogen and oxygen atoms in total. The van der Waals surface area contributed by atoms with E-state index >= 15 is 0 Å². The summed E-state index contributed by atoms with van der Waals surface area (Å²) in [6.07, 6.45) is 4.00. The molecule has 1 aromatic rings. The molecule has 41 heavy (non-hydrogen) atoms. The first-order valence-corrected chi connectivity index (χ1v) is 14.3. The maximum atomic E-state index is 14.5. The number of hydrogen-bond donors (Lipinski definition) is 1. The molecule has 222 valence electrons. The Morgan fingerprint density at radius 2 is 1.90 bits per heavy atom. The van der Waals surface area contributed by atoms with Gasteiger partial charge in [0.05, 0.1) is 26.1 Å². The lowest BCUT2D eigenvalue weighted by Gasteiger charge is -2.65. The van der Waals surface area contributed by atoms with Crippen LogP contribution in [0.2, 0.25) is 0 Å². The van der Waals surface area contributed by atoms with Crippen LogP contribution < -0.4 is 0 Å². The number of carbonyl (C=O) groups excluding carboxylic acids is 4. The molecule has 2 saturated carbocycles. The Morgan fingerprint density at radius 3 is 2.51 bits per heavy atom. The fourth-order valence-electron chi connectivity index (χ4n) is 8.62. The predicted molar refractivity (Wildman–Crippen MR) is 146 cm³/mol. The number of aliphatic hydroxyl groups is 1. The fraction of sp³-hybridized carbons (Fsp3) is 0.625. The summed E-state index contributed by atoms with van der Waals surface area (Å²) in [5, 5.41) is 12.4. The first-order chi connectivity index (χ1) is 19.2. The van der Waals surface area contributed by atoms with Gasteiger partial charge in [-0.2, -0.15) is 0 Å². The van der Waals surface area contributed by atoms with Crippen molar-refractivity contribution in [2.75, 3.05) is 7.11 Å². The van der Waals surface area contributed by atoms with E-state index in [4.69, 9.17) is 18.6 Å². The SMILES string of the molecule is CC=C(C)C(=O)O[C@H]1C(C)(C)[C@H](CC(=O)OC)[C@]2(C)C(=O)[C@@]1(O)CC1=C3CC(=O)O[C@@H](c4ccoc4)[C@]3(C)CC[C@@H]12. The van der Waals surface area contributed by atoms with Crippen LogP contribution in [0.25, 0.3) is 0 Å². The molecule has 0 unspecified atom stereocenters. The molecule has 0 spiro atoms. The number of methoxy groups -OCH3 is 1. The molecule has 3 aliphatic carbocycles. The molecule has 3 fully saturated rings. The molecule has 0 aromatic carbocycles. The van der Waals surface area contributed by atoms with Gasteiger partial charge in [0.15, 0.2) is 11.4 Å². The number of furan rings is 1. The zero-order valence-electron chi connectivity index (χ0n) is 24.9. The van der Waals surface area contributed by atoms with Crippen molar-refractivity contribution in [3.05, 3.63) is 47.0 Å². The minimum absolute atomic E-state index is 0.0320. The van der Waals surface area contributed by atoms with Gasteiger partial charge in [0.1, 0.15) is 12.2 Å². The maximum absolute atomic E-state index is 14.5. The number of cyclic esters (lactones) is 1. The number of ketones is 1. The van der Waals surface area contributed by atoms with Gasteiger partial charge in [-0.15, -0.1) is 0 Å². The molecule has 1 aliphatic heterocycles. The van der Waals surface area contributed by atoms with Gasteiger partial charge in [-0.25, -0.2) is 4.79 Å². The average Bonchev–Trinajstić information content (AvgIpc) is 3.46. The van der Waals surface area contributed by atoms with E-state index in [2.05, 4.69) is 6.92 Å². The highest BCUT2D eigenvalue weighted by atomic mass is 16.6. The van der Waals surface area contributed by atoms with Gasteiger partial charge >= 0.3 is 17.9 Å². The Morgan fingerprint density at radius 1 is 1.20 bits per heavy atom. The van der Waals surface area contributed by atoms with Gasteiger partial charge in [0.25, 0.3) is 0 Å². The highest BCUT2D eigenvalue weighted by Gasteiger charge is 2.74. The van der Waals surface area contributed by atoms with Gasteiger partial charge in [0.2, 0.25) is 0 Å². The van der Waals surface area contributed by atoms with E-state index < -0.39 is 63.7 Å². The molecule has 2 heterocycles. The van der Waals surface area contributed by atoms with E-state index in [0.717, 1.165) is 16.7 Å². The summed E-state index contributed by atoms with van der Waals surface area (Å²) in [6, 6.07) is 1.78. The molecule has 9 heteroatoms. The number of rotatable bonds is 5. The molecule has 1 N–H and O–H groups in total. The van der Waals surface area contributed by atoms with Crippen LogP contribution in [-0.4, -0.2) is 47.6 Å². The Hall–Kier alpha value is -3.20. The van der Waals surface area contributed by atoms with E-state index in [1.54, 1.807) is 32.3 Å². The number of allylic oxidation sites excluding steroid dienone is 1. The molecule has 1 aromatic heterocycles. The van der Waals surface area contributed by atoms with Crippen molar-refractivity contribution in [2.24, 2.45) is 28.1 Å². The van der Waals surface area contributed by atoms with E-state index in [9.17, 15) is 24.3 Å². The molecule has 5 rings (SSSR count). The number of esters is 3. The second-order valence-electron chi connectivity index (χ2n) is 13.2. The molecule has 4 aliphatic rings. The number of ether oxygens (including phenoxy) is 3. The van der Waals surface area contributed by atoms with Crippen molar-refractivity contribution in [3.63, 3.8) is 0 Å².